The first-order valence-corrected chi connectivity index (χ1v) is 10.6. The largest absolute Gasteiger partial charge is 0.497 e. The normalized spacial score (nSPS) is 16.6. The minimum Gasteiger partial charge on any atom is -0.497 e. The summed E-state index contributed by atoms with van der Waals surface area (Å²) in [4.78, 5) is 7.98. The molecule has 0 saturated heterocycles. The Morgan fingerprint density at radius 2 is 1.77 bits per heavy atom. The number of aliphatic hydroxyl groups is 1. The number of ether oxygens (including phenoxy) is 1. The average molecular weight is 417 g/mol. The van der Waals surface area contributed by atoms with E-state index in [1.165, 1.54) is 0 Å². The van der Waals surface area contributed by atoms with Crippen molar-refractivity contribution in [2.75, 3.05) is 20.2 Å². The number of benzene rings is 3. The summed E-state index contributed by atoms with van der Waals surface area (Å²) in [5.74, 6) is 0.827. The lowest BCUT2D eigenvalue weighted by Gasteiger charge is -2.27. The van der Waals surface area contributed by atoms with Gasteiger partial charge >= 0.3 is 0 Å². The smallest absolute Gasteiger partial charge is 0.145 e. The molecule has 1 aliphatic rings. The lowest BCUT2D eigenvalue weighted by molar-refractivity contribution is 0.0318. The molecule has 5 nitrogen and oxygen atoms in total. The number of oxime groups is 1. The van der Waals surface area contributed by atoms with Crippen molar-refractivity contribution in [3.8, 4) is 5.75 Å². The van der Waals surface area contributed by atoms with E-state index in [0.29, 0.717) is 19.6 Å². The van der Waals surface area contributed by atoms with E-state index < -0.39 is 6.10 Å². The monoisotopic (exact) mass is 416 g/mol. The molecular formula is C26H28N2O3. The van der Waals surface area contributed by atoms with E-state index in [1.54, 1.807) is 7.11 Å². The Morgan fingerprint density at radius 3 is 2.52 bits per heavy atom. The van der Waals surface area contributed by atoms with Crippen LogP contribution in [0.15, 0.2) is 90.1 Å². The van der Waals surface area contributed by atoms with Crippen LogP contribution in [0.3, 0.4) is 0 Å². The first-order chi connectivity index (χ1) is 15.2. The maximum absolute atomic E-state index is 10.8. The molecule has 1 N–H and O–H groups in total. The third-order valence-corrected chi connectivity index (χ3v) is 5.46. The van der Waals surface area contributed by atoms with Gasteiger partial charge in [0.25, 0.3) is 0 Å². The van der Waals surface area contributed by atoms with Crippen LogP contribution in [0.25, 0.3) is 0 Å². The highest BCUT2D eigenvalue weighted by molar-refractivity contribution is 6.01. The van der Waals surface area contributed by atoms with E-state index >= 15 is 0 Å². The first kappa shape index (κ1) is 21.1. The maximum Gasteiger partial charge on any atom is 0.145 e. The van der Waals surface area contributed by atoms with E-state index in [0.717, 1.165) is 34.6 Å². The van der Waals surface area contributed by atoms with Gasteiger partial charge in [0.1, 0.15) is 11.9 Å². The summed E-state index contributed by atoms with van der Waals surface area (Å²) < 4.78 is 5.37. The number of hydrogen-bond acceptors (Lipinski definition) is 5. The van der Waals surface area contributed by atoms with Crippen LogP contribution in [-0.2, 0) is 11.4 Å². The van der Waals surface area contributed by atoms with E-state index in [1.807, 2.05) is 66.7 Å². The second-order valence-corrected chi connectivity index (χ2v) is 7.81. The molecule has 0 aliphatic carbocycles. The molecule has 0 spiro atoms. The topological polar surface area (TPSA) is 54.3 Å². The Labute approximate surface area is 183 Å². The van der Waals surface area contributed by atoms with Crippen molar-refractivity contribution in [1.29, 1.82) is 0 Å². The molecule has 0 bridgehead atoms. The molecule has 1 heterocycles. The summed E-state index contributed by atoms with van der Waals surface area (Å²) in [6.07, 6.45) is 0.117. The van der Waals surface area contributed by atoms with Crippen molar-refractivity contribution in [2.24, 2.45) is 5.16 Å². The van der Waals surface area contributed by atoms with Crippen molar-refractivity contribution in [3.05, 3.63) is 102 Å². The van der Waals surface area contributed by atoms with Gasteiger partial charge < -0.3 is 14.7 Å². The Balaban J connectivity index is 1.45. The number of methoxy groups -OCH3 is 1. The van der Waals surface area contributed by atoms with Gasteiger partial charge in [0, 0.05) is 26.1 Å². The highest BCUT2D eigenvalue weighted by Crippen LogP contribution is 2.22. The molecule has 3 aromatic rings. The molecule has 0 saturated carbocycles. The molecule has 2 atom stereocenters. The highest BCUT2D eigenvalue weighted by atomic mass is 16.6. The summed E-state index contributed by atoms with van der Waals surface area (Å²) in [6, 6.07) is 27.9. The standard InChI is InChI=1S/C26H28N2O3/c1-30-23-14-8-9-20(15-23)17-28(19-26(29)22-12-6-3-7-13-22)18-24-16-25(27-31-24)21-10-4-2-5-11-21/h2-15,24,26,29H,16-19H2,1H3/t24-,26+/m1/s1. The molecular weight excluding hydrogens is 388 g/mol. The van der Waals surface area contributed by atoms with Gasteiger partial charge in [-0.2, -0.15) is 0 Å². The fraction of sp³-hybridized carbons (Fsp3) is 0.269. The predicted octanol–water partition coefficient (Wildman–Crippen LogP) is 4.42. The minimum atomic E-state index is -0.581. The summed E-state index contributed by atoms with van der Waals surface area (Å²) in [5.41, 5.74) is 4.10. The first-order valence-electron chi connectivity index (χ1n) is 10.6. The van der Waals surface area contributed by atoms with Crippen molar-refractivity contribution in [1.82, 2.24) is 4.90 Å². The van der Waals surface area contributed by atoms with E-state index in [4.69, 9.17) is 9.57 Å². The van der Waals surface area contributed by atoms with E-state index in [9.17, 15) is 5.11 Å². The summed E-state index contributed by atoms with van der Waals surface area (Å²) in [6.45, 7) is 1.85. The molecule has 0 amide bonds. The fourth-order valence-corrected chi connectivity index (χ4v) is 3.87. The Bertz CT molecular complexity index is 992. The summed E-state index contributed by atoms with van der Waals surface area (Å²) in [7, 11) is 1.67. The summed E-state index contributed by atoms with van der Waals surface area (Å²) in [5, 5.41) is 15.2. The Hall–Kier alpha value is -3.15. The number of nitrogens with zero attached hydrogens (tertiary/aromatic N) is 2. The van der Waals surface area contributed by atoms with Gasteiger partial charge in [-0.25, -0.2) is 0 Å². The van der Waals surface area contributed by atoms with Gasteiger partial charge in [0.2, 0.25) is 0 Å². The molecule has 0 aromatic heterocycles. The third-order valence-electron chi connectivity index (χ3n) is 5.46. The van der Waals surface area contributed by atoms with Gasteiger partial charge in [0.15, 0.2) is 0 Å². The van der Waals surface area contributed by atoms with Crippen molar-refractivity contribution < 1.29 is 14.7 Å². The van der Waals surface area contributed by atoms with E-state index in [-0.39, 0.29) is 6.10 Å². The van der Waals surface area contributed by atoms with Gasteiger partial charge in [0.05, 0.1) is 18.9 Å². The van der Waals surface area contributed by atoms with Gasteiger partial charge in [-0.3, -0.25) is 4.90 Å². The van der Waals surface area contributed by atoms with Gasteiger partial charge in [-0.1, -0.05) is 78.0 Å². The van der Waals surface area contributed by atoms with Gasteiger partial charge in [-0.15, -0.1) is 0 Å². The van der Waals surface area contributed by atoms with Crippen molar-refractivity contribution in [3.63, 3.8) is 0 Å². The molecule has 0 radical (unpaired) electrons. The van der Waals surface area contributed by atoms with Crippen LogP contribution in [0.1, 0.15) is 29.2 Å². The number of rotatable bonds is 9. The molecule has 3 aromatic carbocycles. The van der Waals surface area contributed by atoms with E-state index in [2.05, 4.69) is 28.3 Å². The lowest BCUT2D eigenvalue weighted by Crippen LogP contribution is -2.35. The molecule has 31 heavy (non-hydrogen) atoms. The molecule has 1 aliphatic heterocycles. The van der Waals surface area contributed by atoms with Crippen LogP contribution in [0.4, 0.5) is 0 Å². The summed E-state index contributed by atoms with van der Waals surface area (Å²) >= 11 is 0. The number of aliphatic hydroxyl groups excluding tert-OH is 1. The molecule has 160 valence electrons. The van der Waals surface area contributed by atoms with Crippen molar-refractivity contribution >= 4 is 5.71 Å². The molecule has 4 rings (SSSR count). The van der Waals surface area contributed by atoms with Crippen LogP contribution in [0, 0.1) is 0 Å². The molecule has 5 heteroatoms. The molecule has 0 unspecified atom stereocenters. The second-order valence-electron chi connectivity index (χ2n) is 7.81. The minimum absolute atomic E-state index is 0.0520. The fourth-order valence-electron chi connectivity index (χ4n) is 3.87. The van der Waals surface area contributed by atoms with Crippen LogP contribution in [0.2, 0.25) is 0 Å². The van der Waals surface area contributed by atoms with Crippen LogP contribution >= 0.6 is 0 Å². The van der Waals surface area contributed by atoms with Gasteiger partial charge in [-0.05, 0) is 28.8 Å². The quantitative estimate of drug-likeness (QED) is 0.561. The van der Waals surface area contributed by atoms with Crippen molar-refractivity contribution in [2.45, 2.75) is 25.2 Å². The third kappa shape index (κ3) is 5.72. The Kier molecular flexibility index (Phi) is 6.97. The zero-order valence-corrected chi connectivity index (χ0v) is 17.7. The van der Waals surface area contributed by atoms with Crippen LogP contribution < -0.4 is 4.74 Å². The number of hydrogen-bond donors (Lipinski definition) is 1. The Morgan fingerprint density at radius 1 is 1.03 bits per heavy atom. The SMILES string of the molecule is COc1cccc(CN(C[C@H]2CC(c3ccccc3)=NO2)C[C@H](O)c2ccccc2)c1. The zero-order valence-electron chi connectivity index (χ0n) is 17.7. The average Bonchev–Trinajstić information content (AvgIpc) is 3.29. The maximum atomic E-state index is 10.8. The highest BCUT2D eigenvalue weighted by Gasteiger charge is 2.26. The molecule has 0 fully saturated rings. The zero-order chi connectivity index (χ0) is 21.5. The second kappa shape index (κ2) is 10.2. The lowest BCUT2D eigenvalue weighted by atomic mass is 10.0. The van der Waals surface area contributed by atoms with Crippen LogP contribution in [0.5, 0.6) is 5.75 Å². The predicted molar refractivity (Wildman–Crippen MR) is 122 cm³/mol. The van der Waals surface area contributed by atoms with Crippen LogP contribution in [-0.4, -0.2) is 42.0 Å².